The predicted octanol–water partition coefficient (Wildman–Crippen LogP) is 4.32. The first-order valence-corrected chi connectivity index (χ1v) is 13.3. The minimum Gasteiger partial charge on any atom is -0.357 e. The Bertz CT molecular complexity index is 1350. The standard InChI is InChI=1S/C27H30ClN3O4S/c1-19-13-14-24(15-20(19)2)31(36(34,35)25-11-6-5-7-12-25)18-26(32)30(21(3)27(33)29-4)17-22-9-8-10-23(28)16-22/h5-16,21H,17-18H2,1-4H3,(H,29,33). The second-order valence-electron chi connectivity index (χ2n) is 8.54. The van der Waals surface area contributed by atoms with Crippen molar-refractivity contribution in [2.75, 3.05) is 17.9 Å². The van der Waals surface area contributed by atoms with Crippen LogP contribution in [0, 0.1) is 13.8 Å². The maximum Gasteiger partial charge on any atom is 0.264 e. The fourth-order valence-corrected chi connectivity index (χ4v) is 5.39. The maximum atomic E-state index is 13.7. The third-order valence-corrected chi connectivity index (χ3v) is 8.07. The summed E-state index contributed by atoms with van der Waals surface area (Å²) in [5.74, 6) is -0.891. The second kappa shape index (κ2) is 11.6. The number of rotatable bonds is 9. The normalized spacial score (nSPS) is 12.0. The summed E-state index contributed by atoms with van der Waals surface area (Å²) in [6.45, 7) is 5.01. The Labute approximate surface area is 217 Å². The van der Waals surface area contributed by atoms with Crippen LogP contribution in [0.15, 0.2) is 77.7 Å². The van der Waals surface area contributed by atoms with E-state index in [9.17, 15) is 18.0 Å². The van der Waals surface area contributed by atoms with Gasteiger partial charge in [0.1, 0.15) is 12.6 Å². The first-order chi connectivity index (χ1) is 17.0. The average Bonchev–Trinajstić information content (AvgIpc) is 2.87. The van der Waals surface area contributed by atoms with Crippen LogP contribution in [-0.2, 0) is 26.2 Å². The van der Waals surface area contributed by atoms with Gasteiger partial charge < -0.3 is 10.2 Å². The summed E-state index contributed by atoms with van der Waals surface area (Å²) >= 11 is 6.13. The van der Waals surface area contributed by atoms with Crippen molar-refractivity contribution >= 4 is 39.1 Å². The van der Waals surface area contributed by atoms with Crippen molar-refractivity contribution in [1.82, 2.24) is 10.2 Å². The predicted molar refractivity (Wildman–Crippen MR) is 142 cm³/mol. The summed E-state index contributed by atoms with van der Waals surface area (Å²) in [4.78, 5) is 27.6. The molecule has 1 atom stereocenters. The van der Waals surface area contributed by atoms with Crippen molar-refractivity contribution in [2.24, 2.45) is 0 Å². The first kappa shape index (κ1) is 27.2. The first-order valence-electron chi connectivity index (χ1n) is 11.4. The van der Waals surface area contributed by atoms with Crippen molar-refractivity contribution in [3.8, 4) is 0 Å². The molecule has 0 saturated heterocycles. The van der Waals surface area contributed by atoms with Gasteiger partial charge in [-0.1, -0.05) is 48.0 Å². The highest BCUT2D eigenvalue weighted by molar-refractivity contribution is 7.92. The van der Waals surface area contributed by atoms with Crippen LogP contribution in [0.1, 0.15) is 23.6 Å². The third kappa shape index (κ3) is 6.25. The van der Waals surface area contributed by atoms with Crippen LogP contribution in [0.2, 0.25) is 5.02 Å². The largest absolute Gasteiger partial charge is 0.357 e. The second-order valence-corrected chi connectivity index (χ2v) is 10.8. The van der Waals surface area contributed by atoms with Gasteiger partial charge in [0.05, 0.1) is 10.6 Å². The van der Waals surface area contributed by atoms with Crippen LogP contribution < -0.4 is 9.62 Å². The molecule has 2 amide bonds. The van der Waals surface area contributed by atoms with Crippen LogP contribution in [0.5, 0.6) is 0 Å². The van der Waals surface area contributed by atoms with Crippen molar-refractivity contribution in [3.63, 3.8) is 0 Å². The lowest BCUT2D eigenvalue weighted by Gasteiger charge is -2.32. The molecule has 0 aliphatic carbocycles. The summed E-state index contributed by atoms with van der Waals surface area (Å²) in [7, 11) is -2.59. The van der Waals surface area contributed by atoms with Gasteiger partial charge in [-0.15, -0.1) is 0 Å². The molecule has 0 aliphatic rings. The molecule has 0 spiro atoms. The molecule has 0 aromatic heterocycles. The molecule has 3 aromatic carbocycles. The van der Waals surface area contributed by atoms with E-state index in [2.05, 4.69) is 5.32 Å². The topological polar surface area (TPSA) is 86.8 Å². The van der Waals surface area contributed by atoms with Crippen molar-refractivity contribution in [3.05, 3.63) is 94.5 Å². The highest BCUT2D eigenvalue weighted by atomic mass is 35.5. The van der Waals surface area contributed by atoms with Gasteiger partial charge in [-0.25, -0.2) is 8.42 Å². The number of hydrogen-bond acceptors (Lipinski definition) is 4. The Morgan fingerprint density at radius 2 is 1.64 bits per heavy atom. The summed E-state index contributed by atoms with van der Waals surface area (Å²) in [6, 6.07) is 19.3. The number of halogens is 1. The number of carbonyl (C=O) groups excluding carboxylic acids is 2. The molecule has 1 unspecified atom stereocenters. The Balaban J connectivity index is 2.05. The van der Waals surface area contributed by atoms with Crippen molar-refractivity contribution in [2.45, 2.75) is 38.3 Å². The zero-order valence-corrected chi connectivity index (χ0v) is 22.3. The molecule has 190 valence electrons. The molecule has 0 bridgehead atoms. The summed E-state index contributed by atoms with van der Waals surface area (Å²) in [5, 5.41) is 3.06. The van der Waals surface area contributed by atoms with Crippen LogP contribution in [0.25, 0.3) is 0 Å². The van der Waals surface area contributed by atoms with Crippen molar-refractivity contribution in [1.29, 1.82) is 0 Å². The molecule has 9 heteroatoms. The molecular formula is C27H30ClN3O4S. The summed E-state index contributed by atoms with van der Waals surface area (Å²) < 4.78 is 28.5. The molecule has 0 aliphatic heterocycles. The number of nitrogens with zero attached hydrogens (tertiary/aromatic N) is 2. The smallest absolute Gasteiger partial charge is 0.264 e. The Hall–Kier alpha value is -3.36. The number of hydrogen-bond donors (Lipinski definition) is 1. The lowest BCUT2D eigenvalue weighted by molar-refractivity contribution is -0.139. The lowest BCUT2D eigenvalue weighted by Crippen LogP contribution is -2.50. The van der Waals surface area contributed by atoms with E-state index in [0.29, 0.717) is 10.7 Å². The molecule has 3 aromatic rings. The van der Waals surface area contributed by atoms with Gasteiger partial charge in [0.2, 0.25) is 11.8 Å². The number of carbonyl (C=O) groups is 2. The highest BCUT2D eigenvalue weighted by Gasteiger charge is 2.32. The summed E-state index contributed by atoms with van der Waals surface area (Å²) in [5.41, 5.74) is 2.97. The zero-order valence-electron chi connectivity index (χ0n) is 20.7. The van der Waals surface area contributed by atoms with Gasteiger partial charge in [0.25, 0.3) is 10.0 Å². The number of aryl methyl sites for hydroxylation is 2. The number of likely N-dealkylation sites (N-methyl/N-ethyl adjacent to an activating group) is 1. The van der Waals surface area contributed by atoms with Crippen LogP contribution in [0.4, 0.5) is 5.69 Å². The highest BCUT2D eigenvalue weighted by Crippen LogP contribution is 2.26. The molecular weight excluding hydrogens is 498 g/mol. The van der Waals surface area contributed by atoms with Crippen LogP contribution in [-0.4, -0.2) is 44.8 Å². The molecule has 0 heterocycles. The monoisotopic (exact) mass is 527 g/mol. The summed E-state index contributed by atoms with van der Waals surface area (Å²) in [6.07, 6.45) is 0. The van der Waals surface area contributed by atoms with E-state index < -0.39 is 28.5 Å². The van der Waals surface area contributed by atoms with Gasteiger partial charge in [0.15, 0.2) is 0 Å². The Kier molecular flexibility index (Phi) is 8.76. The molecule has 3 rings (SSSR count). The van der Waals surface area contributed by atoms with E-state index in [1.165, 1.54) is 24.1 Å². The number of amides is 2. The fraction of sp³-hybridized carbons (Fsp3) is 0.259. The third-order valence-electron chi connectivity index (χ3n) is 6.04. The van der Waals surface area contributed by atoms with Crippen molar-refractivity contribution < 1.29 is 18.0 Å². The minimum absolute atomic E-state index is 0.0665. The van der Waals surface area contributed by atoms with Crippen LogP contribution in [0.3, 0.4) is 0 Å². The molecule has 0 saturated carbocycles. The van der Waals surface area contributed by atoms with Gasteiger partial charge in [-0.2, -0.15) is 0 Å². The molecule has 0 radical (unpaired) electrons. The van der Waals surface area contributed by atoms with Gasteiger partial charge in [-0.3, -0.25) is 13.9 Å². The zero-order chi connectivity index (χ0) is 26.5. The van der Waals surface area contributed by atoms with E-state index >= 15 is 0 Å². The fourth-order valence-electron chi connectivity index (χ4n) is 3.75. The van der Waals surface area contributed by atoms with Gasteiger partial charge in [0, 0.05) is 18.6 Å². The molecule has 7 nitrogen and oxygen atoms in total. The number of nitrogens with one attached hydrogen (secondary N) is 1. The maximum absolute atomic E-state index is 13.7. The van der Waals surface area contributed by atoms with Crippen LogP contribution >= 0.6 is 11.6 Å². The molecule has 0 fully saturated rings. The minimum atomic E-state index is -4.08. The van der Waals surface area contributed by atoms with E-state index in [0.717, 1.165) is 21.0 Å². The number of anilines is 1. The van der Waals surface area contributed by atoms with E-state index in [1.54, 1.807) is 61.5 Å². The van der Waals surface area contributed by atoms with Gasteiger partial charge in [-0.05, 0) is 73.9 Å². The van der Waals surface area contributed by atoms with E-state index in [-0.39, 0.29) is 17.3 Å². The Morgan fingerprint density at radius 1 is 0.944 bits per heavy atom. The quantitative estimate of drug-likeness (QED) is 0.449. The SMILES string of the molecule is CNC(=O)C(C)N(Cc1cccc(Cl)c1)C(=O)CN(c1ccc(C)c(C)c1)S(=O)(=O)c1ccccc1. The Morgan fingerprint density at radius 3 is 2.25 bits per heavy atom. The number of sulfonamides is 1. The average molecular weight is 528 g/mol. The number of benzene rings is 3. The van der Waals surface area contributed by atoms with E-state index in [1.807, 2.05) is 19.9 Å². The lowest BCUT2D eigenvalue weighted by atomic mass is 10.1. The molecule has 36 heavy (non-hydrogen) atoms. The van der Waals surface area contributed by atoms with E-state index in [4.69, 9.17) is 11.6 Å². The molecule has 1 N–H and O–H groups in total. The van der Waals surface area contributed by atoms with Gasteiger partial charge >= 0.3 is 0 Å².